The van der Waals surface area contributed by atoms with Crippen LogP contribution in [0, 0.1) is 0 Å². The normalized spacial score (nSPS) is 22.5. The molecule has 2 heterocycles. The Morgan fingerprint density at radius 2 is 1.71 bits per heavy atom. The molecular formula is C10H16N4O3. The van der Waals surface area contributed by atoms with E-state index in [0.717, 1.165) is 13.1 Å². The highest BCUT2D eigenvalue weighted by Gasteiger charge is 2.26. The molecule has 0 aromatic heterocycles. The average molecular weight is 240 g/mol. The maximum absolute atomic E-state index is 11.9. The fourth-order valence-electron chi connectivity index (χ4n) is 2.01. The van der Waals surface area contributed by atoms with Crippen LogP contribution in [0.1, 0.15) is 0 Å². The molecule has 2 aliphatic rings. The van der Waals surface area contributed by atoms with Crippen molar-refractivity contribution in [1.29, 1.82) is 0 Å². The van der Waals surface area contributed by atoms with E-state index in [-0.39, 0.29) is 37.4 Å². The summed E-state index contributed by atoms with van der Waals surface area (Å²) in [7, 11) is 0. The van der Waals surface area contributed by atoms with Gasteiger partial charge in [0.1, 0.15) is 0 Å². The summed E-state index contributed by atoms with van der Waals surface area (Å²) in [4.78, 5) is 37.5. The standard InChI is InChI=1S/C10H16N4O3/c15-8-5-13(6-9(16)12-8)7-10(17)14-3-1-11-2-4-14/h11H,1-7H2,(H,12,15,16). The minimum Gasteiger partial charge on any atom is -0.339 e. The molecule has 94 valence electrons. The lowest BCUT2D eigenvalue weighted by atomic mass is 10.3. The summed E-state index contributed by atoms with van der Waals surface area (Å²) in [6, 6.07) is 0. The van der Waals surface area contributed by atoms with Crippen molar-refractivity contribution < 1.29 is 14.4 Å². The molecule has 2 aliphatic heterocycles. The fraction of sp³-hybridized carbons (Fsp3) is 0.700. The Morgan fingerprint density at radius 3 is 2.29 bits per heavy atom. The van der Waals surface area contributed by atoms with E-state index in [4.69, 9.17) is 0 Å². The number of piperazine rings is 2. The highest BCUT2D eigenvalue weighted by molar-refractivity contribution is 5.99. The lowest BCUT2D eigenvalue weighted by Crippen LogP contribution is -2.55. The van der Waals surface area contributed by atoms with Crippen LogP contribution in [0.4, 0.5) is 0 Å². The molecule has 0 atom stereocenters. The van der Waals surface area contributed by atoms with Gasteiger partial charge >= 0.3 is 0 Å². The summed E-state index contributed by atoms with van der Waals surface area (Å²) in [6.07, 6.45) is 0. The number of imide groups is 1. The Hall–Kier alpha value is -1.47. The summed E-state index contributed by atoms with van der Waals surface area (Å²) >= 11 is 0. The Kier molecular flexibility index (Phi) is 3.70. The molecule has 2 N–H and O–H groups in total. The molecule has 2 fully saturated rings. The van der Waals surface area contributed by atoms with Crippen LogP contribution in [-0.4, -0.2) is 73.3 Å². The summed E-state index contributed by atoms with van der Waals surface area (Å²) < 4.78 is 0. The minimum atomic E-state index is -0.339. The number of carbonyl (C=O) groups is 3. The summed E-state index contributed by atoms with van der Waals surface area (Å²) in [5.74, 6) is -0.697. The van der Waals surface area contributed by atoms with Gasteiger partial charge < -0.3 is 10.2 Å². The van der Waals surface area contributed by atoms with Gasteiger partial charge in [0.15, 0.2) is 0 Å². The molecule has 0 saturated carbocycles. The fourth-order valence-corrected chi connectivity index (χ4v) is 2.01. The number of nitrogens with zero attached hydrogens (tertiary/aromatic N) is 2. The van der Waals surface area contributed by atoms with Crippen LogP contribution in [-0.2, 0) is 14.4 Å². The molecule has 0 aromatic carbocycles. The molecule has 7 heteroatoms. The monoisotopic (exact) mass is 240 g/mol. The molecule has 2 saturated heterocycles. The van der Waals surface area contributed by atoms with Gasteiger partial charge in [-0.3, -0.25) is 24.6 Å². The van der Waals surface area contributed by atoms with Crippen molar-refractivity contribution >= 4 is 17.7 Å². The van der Waals surface area contributed by atoms with Crippen molar-refractivity contribution in [3.8, 4) is 0 Å². The second-order valence-corrected chi connectivity index (χ2v) is 4.25. The number of hydrogen-bond donors (Lipinski definition) is 2. The first-order valence-electron chi connectivity index (χ1n) is 5.68. The molecular weight excluding hydrogens is 224 g/mol. The Balaban J connectivity index is 1.84. The molecule has 17 heavy (non-hydrogen) atoms. The molecule has 0 unspecified atom stereocenters. The smallest absolute Gasteiger partial charge is 0.240 e. The molecule has 0 bridgehead atoms. The number of nitrogens with one attached hydrogen (secondary N) is 2. The van der Waals surface area contributed by atoms with Crippen LogP contribution in [0.5, 0.6) is 0 Å². The van der Waals surface area contributed by atoms with Gasteiger partial charge in [0.25, 0.3) is 0 Å². The molecule has 0 aromatic rings. The first-order valence-corrected chi connectivity index (χ1v) is 5.68. The van der Waals surface area contributed by atoms with E-state index in [9.17, 15) is 14.4 Å². The number of amides is 3. The van der Waals surface area contributed by atoms with Crippen LogP contribution in [0.15, 0.2) is 0 Å². The van der Waals surface area contributed by atoms with Crippen LogP contribution in [0.3, 0.4) is 0 Å². The van der Waals surface area contributed by atoms with Crippen molar-refractivity contribution in [3.63, 3.8) is 0 Å². The maximum atomic E-state index is 11.9. The van der Waals surface area contributed by atoms with Gasteiger partial charge in [-0.05, 0) is 0 Å². The molecule has 0 radical (unpaired) electrons. The Bertz CT molecular complexity index is 322. The van der Waals surface area contributed by atoms with E-state index in [1.165, 1.54) is 0 Å². The average Bonchev–Trinajstić information content (AvgIpc) is 2.28. The Morgan fingerprint density at radius 1 is 1.12 bits per heavy atom. The predicted octanol–water partition coefficient (Wildman–Crippen LogP) is -2.62. The largest absolute Gasteiger partial charge is 0.339 e. The van der Waals surface area contributed by atoms with Crippen LogP contribution in [0.2, 0.25) is 0 Å². The molecule has 0 aliphatic carbocycles. The van der Waals surface area contributed by atoms with Crippen molar-refractivity contribution in [3.05, 3.63) is 0 Å². The second kappa shape index (κ2) is 5.24. The zero-order chi connectivity index (χ0) is 12.3. The van der Waals surface area contributed by atoms with E-state index < -0.39 is 0 Å². The van der Waals surface area contributed by atoms with Gasteiger partial charge in [-0.2, -0.15) is 0 Å². The highest BCUT2D eigenvalue weighted by atomic mass is 16.2. The molecule has 7 nitrogen and oxygen atoms in total. The Labute approximate surface area is 99.1 Å². The van der Waals surface area contributed by atoms with Crippen LogP contribution >= 0.6 is 0 Å². The van der Waals surface area contributed by atoms with Gasteiger partial charge in [0.2, 0.25) is 17.7 Å². The van der Waals surface area contributed by atoms with Gasteiger partial charge in [-0.25, -0.2) is 0 Å². The first-order chi connectivity index (χ1) is 8.15. The van der Waals surface area contributed by atoms with Crippen molar-refractivity contribution in [2.75, 3.05) is 45.8 Å². The molecule has 0 spiro atoms. The van der Waals surface area contributed by atoms with E-state index >= 15 is 0 Å². The van der Waals surface area contributed by atoms with E-state index in [2.05, 4.69) is 10.6 Å². The number of hydrogen-bond acceptors (Lipinski definition) is 5. The first kappa shape index (κ1) is 12.0. The summed E-state index contributed by atoms with van der Waals surface area (Å²) in [5, 5.41) is 5.37. The zero-order valence-electron chi connectivity index (χ0n) is 9.57. The van der Waals surface area contributed by atoms with Gasteiger partial charge in [0.05, 0.1) is 19.6 Å². The summed E-state index contributed by atoms with van der Waals surface area (Å²) in [5.41, 5.74) is 0. The molecule has 2 rings (SSSR count). The van der Waals surface area contributed by atoms with Gasteiger partial charge in [0, 0.05) is 26.2 Å². The highest BCUT2D eigenvalue weighted by Crippen LogP contribution is 1.99. The zero-order valence-corrected chi connectivity index (χ0v) is 9.57. The van der Waals surface area contributed by atoms with Crippen LogP contribution < -0.4 is 10.6 Å². The van der Waals surface area contributed by atoms with Gasteiger partial charge in [-0.1, -0.05) is 0 Å². The molecule has 3 amide bonds. The quantitative estimate of drug-likeness (QED) is 0.516. The third-order valence-electron chi connectivity index (χ3n) is 2.84. The van der Waals surface area contributed by atoms with Crippen molar-refractivity contribution in [2.24, 2.45) is 0 Å². The summed E-state index contributed by atoms with van der Waals surface area (Å²) in [6.45, 7) is 3.34. The number of carbonyl (C=O) groups excluding carboxylic acids is 3. The second-order valence-electron chi connectivity index (χ2n) is 4.25. The third-order valence-corrected chi connectivity index (χ3v) is 2.84. The predicted molar refractivity (Wildman–Crippen MR) is 59.0 cm³/mol. The lowest BCUT2D eigenvalue weighted by Gasteiger charge is -2.31. The SMILES string of the molecule is O=C1CN(CC(=O)N2CCNCC2)CC(=O)N1. The third kappa shape index (κ3) is 3.24. The van der Waals surface area contributed by atoms with E-state index in [1.807, 2.05) is 0 Å². The number of rotatable bonds is 2. The van der Waals surface area contributed by atoms with Crippen molar-refractivity contribution in [2.45, 2.75) is 0 Å². The maximum Gasteiger partial charge on any atom is 0.240 e. The topological polar surface area (TPSA) is 81.8 Å². The van der Waals surface area contributed by atoms with Crippen LogP contribution in [0.25, 0.3) is 0 Å². The van der Waals surface area contributed by atoms with Gasteiger partial charge in [-0.15, -0.1) is 0 Å². The van der Waals surface area contributed by atoms with E-state index in [0.29, 0.717) is 13.1 Å². The lowest BCUT2D eigenvalue weighted by molar-refractivity contribution is -0.139. The van der Waals surface area contributed by atoms with E-state index in [1.54, 1.807) is 9.80 Å². The minimum absolute atomic E-state index is 0.0194. The van der Waals surface area contributed by atoms with Crippen molar-refractivity contribution in [1.82, 2.24) is 20.4 Å².